The van der Waals surface area contributed by atoms with E-state index in [0.717, 1.165) is 30.4 Å². The molecular weight excluding hydrogens is 298 g/mol. The number of nitrogens with one attached hydrogen (secondary N) is 1. The molecule has 0 radical (unpaired) electrons. The molecule has 0 saturated carbocycles. The van der Waals surface area contributed by atoms with Crippen LogP contribution in [-0.2, 0) is 6.42 Å². The Bertz CT molecular complexity index is 962. The predicted molar refractivity (Wildman–Crippen MR) is 97.3 cm³/mol. The van der Waals surface area contributed by atoms with Crippen LogP contribution in [0.15, 0.2) is 58.1 Å². The lowest BCUT2D eigenvalue weighted by Crippen LogP contribution is -2.37. The predicted octanol–water partition coefficient (Wildman–Crippen LogP) is 3.75. The van der Waals surface area contributed by atoms with Gasteiger partial charge in [-0.1, -0.05) is 54.1 Å². The molecule has 0 fully saturated rings. The molecule has 3 heteroatoms. The molecule has 0 unspecified atom stereocenters. The molecule has 1 atom stereocenters. The molecule has 120 valence electrons. The SMILES string of the molecule is Cc1ccc(-c2c(N[C@H]3CCCc4ccccc43)c(=O)c2=O)cc1. The Balaban J connectivity index is 1.70. The zero-order valence-corrected chi connectivity index (χ0v) is 13.6. The highest BCUT2D eigenvalue weighted by Gasteiger charge is 2.27. The summed E-state index contributed by atoms with van der Waals surface area (Å²) in [4.78, 5) is 24.2. The smallest absolute Gasteiger partial charge is 0.250 e. The van der Waals surface area contributed by atoms with Crippen molar-refractivity contribution >= 4 is 5.69 Å². The van der Waals surface area contributed by atoms with E-state index in [4.69, 9.17) is 0 Å². The van der Waals surface area contributed by atoms with Crippen LogP contribution < -0.4 is 16.2 Å². The molecule has 0 spiro atoms. The number of hydrogen-bond donors (Lipinski definition) is 1. The van der Waals surface area contributed by atoms with E-state index in [1.807, 2.05) is 37.3 Å². The van der Waals surface area contributed by atoms with Gasteiger partial charge in [0, 0.05) is 0 Å². The Morgan fingerprint density at radius 2 is 1.71 bits per heavy atom. The van der Waals surface area contributed by atoms with E-state index in [1.54, 1.807) is 0 Å². The fourth-order valence-corrected chi connectivity index (χ4v) is 3.60. The van der Waals surface area contributed by atoms with Crippen molar-refractivity contribution in [3.63, 3.8) is 0 Å². The third-order valence-corrected chi connectivity index (χ3v) is 4.94. The van der Waals surface area contributed by atoms with Crippen molar-refractivity contribution in [2.75, 3.05) is 5.32 Å². The molecule has 0 aliphatic heterocycles. The second-order valence-electron chi connectivity index (χ2n) is 6.56. The summed E-state index contributed by atoms with van der Waals surface area (Å²) in [7, 11) is 0. The van der Waals surface area contributed by atoms with Crippen LogP contribution in [0.25, 0.3) is 11.1 Å². The number of hydrogen-bond acceptors (Lipinski definition) is 3. The summed E-state index contributed by atoms with van der Waals surface area (Å²) >= 11 is 0. The molecule has 1 aliphatic rings. The molecule has 1 aliphatic carbocycles. The molecule has 1 N–H and O–H groups in total. The van der Waals surface area contributed by atoms with Crippen LogP contribution in [0.3, 0.4) is 0 Å². The van der Waals surface area contributed by atoms with Crippen LogP contribution in [0.1, 0.15) is 35.6 Å². The summed E-state index contributed by atoms with van der Waals surface area (Å²) < 4.78 is 0. The minimum absolute atomic E-state index is 0.0995. The van der Waals surface area contributed by atoms with Gasteiger partial charge in [-0.3, -0.25) is 9.59 Å². The van der Waals surface area contributed by atoms with Gasteiger partial charge in [0.25, 0.3) is 0 Å². The number of rotatable bonds is 3. The van der Waals surface area contributed by atoms with Crippen molar-refractivity contribution in [1.29, 1.82) is 0 Å². The molecule has 3 nitrogen and oxygen atoms in total. The Morgan fingerprint density at radius 1 is 0.958 bits per heavy atom. The lowest BCUT2D eigenvalue weighted by Gasteiger charge is -2.28. The van der Waals surface area contributed by atoms with Gasteiger partial charge >= 0.3 is 0 Å². The Hall–Kier alpha value is -2.68. The zero-order chi connectivity index (χ0) is 16.7. The van der Waals surface area contributed by atoms with E-state index >= 15 is 0 Å². The quantitative estimate of drug-likeness (QED) is 0.748. The van der Waals surface area contributed by atoms with Crippen molar-refractivity contribution in [2.45, 2.75) is 32.2 Å². The first-order valence-electron chi connectivity index (χ1n) is 8.40. The summed E-state index contributed by atoms with van der Waals surface area (Å²) in [5.41, 5.74) is 4.75. The van der Waals surface area contributed by atoms with Crippen LogP contribution in [0.4, 0.5) is 5.69 Å². The number of anilines is 1. The Kier molecular flexibility index (Phi) is 3.57. The van der Waals surface area contributed by atoms with Crippen LogP contribution in [0, 0.1) is 6.92 Å². The van der Waals surface area contributed by atoms with Crippen LogP contribution >= 0.6 is 0 Å². The number of fused-ring (bicyclic) bond motifs is 1. The van der Waals surface area contributed by atoms with Crippen molar-refractivity contribution in [3.05, 3.63) is 85.7 Å². The van der Waals surface area contributed by atoms with Crippen LogP contribution in [0.2, 0.25) is 0 Å². The molecule has 0 heterocycles. The Labute approximate surface area is 140 Å². The third kappa shape index (κ3) is 2.37. The van der Waals surface area contributed by atoms with Crippen LogP contribution in [0.5, 0.6) is 0 Å². The first-order chi connectivity index (χ1) is 11.6. The summed E-state index contributed by atoms with van der Waals surface area (Å²) in [6.07, 6.45) is 3.14. The van der Waals surface area contributed by atoms with Gasteiger partial charge in [0.15, 0.2) is 0 Å². The van der Waals surface area contributed by atoms with E-state index in [9.17, 15) is 9.59 Å². The molecule has 0 saturated heterocycles. The van der Waals surface area contributed by atoms with Gasteiger partial charge in [-0.2, -0.15) is 0 Å². The third-order valence-electron chi connectivity index (χ3n) is 4.94. The first-order valence-corrected chi connectivity index (χ1v) is 8.40. The van der Waals surface area contributed by atoms with E-state index in [2.05, 4.69) is 23.5 Å². The van der Waals surface area contributed by atoms with Crippen molar-refractivity contribution in [2.24, 2.45) is 0 Å². The van der Waals surface area contributed by atoms with Gasteiger partial charge in [-0.25, -0.2) is 0 Å². The topological polar surface area (TPSA) is 46.2 Å². The zero-order valence-electron chi connectivity index (χ0n) is 13.6. The monoisotopic (exact) mass is 317 g/mol. The first kappa shape index (κ1) is 14.9. The fraction of sp³-hybridized carbons (Fsp3) is 0.238. The molecule has 3 aromatic carbocycles. The largest absolute Gasteiger partial charge is 0.374 e. The maximum absolute atomic E-state index is 12.1. The molecule has 3 aromatic rings. The van der Waals surface area contributed by atoms with E-state index in [1.165, 1.54) is 11.1 Å². The molecule has 4 rings (SSSR count). The normalized spacial score (nSPS) is 16.8. The standard InChI is InChI=1S/C21H19NO2/c1-13-9-11-15(12-10-13)18-19(21(24)20(18)23)22-17-8-4-6-14-5-2-3-7-16(14)17/h2-3,5,7,9-12,17,22H,4,6,8H2,1H3/t17-/m0/s1. The fourth-order valence-electron chi connectivity index (χ4n) is 3.60. The van der Waals surface area contributed by atoms with Crippen molar-refractivity contribution < 1.29 is 0 Å². The average Bonchev–Trinajstić information content (AvgIpc) is 2.62. The summed E-state index contributed by atoms with van der Waals surface area (Å²) in [5, 5.41) is 3.36. The highest BCUT2D eigenvalue weighted by Crippen LogP contribution is 2.34. The minimum Gasteiger partial charge on any atom is -0.374 e. The summed E-state index contributed by atoms with van der Waals surface area (Å²) in [5.74, 6) is 0. The summed E-state index contributed by atoms with van der Waals surface area (Å²) in [6.45, 7) is 2.00. The molecule has 0 aromatic heterocycles. The minimum atomic E-state index is -0.395. The molecular formula is C21H19NO2. The molecule has 0 bridgehead atoms. The van der Waals surface area contributed by atoms with Crippen molar-refractivity contribution in [1.82, 2.24) is 0 Å². The van der Waals surface area contributed by atoms with E-state index < -0.39 is 5.43 Å². The van der Waals surface area contributed by atoms with Crippen molar-refractivity contribution in [3.8, 4) is 11.1 Å². The summed E-state index contributed by atoms with van der Waals surface area (Å²) in [6, 6.07) is 16.2. The van der Waals surface area contributed by atoms with Gasteiger partial charge in [0.05, 0.1) is 17.3 Å². The lowest BCUT2D eigenvalue weighted by atomic mass is 9.87. The average molecular weight is 317 g/mol. The maximum Gasteiger partial charge on any atom is 0.250 e. The van der Waals surface area contributed by atoms with Gasteiger partial charge in [0.2, 0.25) is 10.9 Å². The van der Waals surface area contributed by atoms with Gasteiger partial charge < -0.3 is 5.32 Å². The maximum atomic E-state index is 12.1. The molecule has 0 amide bonds. The highest BCUT2D eigenvalue weighted by atomic mass is 16.2. The Morgan fingerprint density at radius 3 is 2.50 bits per heavy atom. The highest BCUT2D eigenvalue weighted by molar-refractivity contribution is 5.82. The van der Waals surface area contributed by atoms with E-state index in [0.29, 0.717) is 11.3 Å². The number of benzene rings is 2. The van der Waals surface area contributed by atoms with Gasteiger partial charge in [-0.05, 0) is 42.9 Å². The van der Waals surface area contributed by atoms with E-state index in [-0.39, 0.29) is 11.5 Å². The molecule has 24 heavy (non-hydrogen) atoms. The van der Waals surface area contributed by atoms with Gasteiger partial charge in [0.1, 0.15) is 0 Å². The number of aryl methyl sites for hydroxylation is 2. The second-order valence-corrected chi connectivity index (χ2v) is 6.56. The van der Waals surface area contributed by atoms with Crippen LogP contribution in [-0.4, -0.2) is 0 Å². The lowest BCUT2D eigenvalue weighted by molar-refractivity contribution is 0.599. The van der Waals surface area contributed by atoms with Gasteiger partial charge in [-0.15, -0.1) is 0 Å². The second kappa shape index (κ2) is 5.75.